The maximum atomic E-state index is 15.7. The minimum Gasteiger partial charge on any atom is -0.477 e. The van der Waals surface area contributed by atoms with Gasteiger partial charge in [0.2, 0.25) is 5.43 Å². The van der Waals surface area contributed by atoms with Gasteiger partial charge >= 0.3 is 18.1 Å². The summed E-state index contributed by atoms with van der Waals surface area (Å²) < 4.78 is 55.6. The smallest absolute Gasteiger partial charge is 0.477 e. The van der Waals surface area contributed by atoms with Crippen molar-refractivity contribution in [2.75, 3.05) is 18.0 Å². The summed E-state index contributed by atoms with van der Waals surface area (Å²) in [6.45, 7) is 1.02. The Bertz CT molecular complexity index is 1900. The monoisotopic (exact) mass is 597 g/mol. The number of rotatable bonds is 2. The molecule has 0 bridgehead atoms. The molecule has 1 fully saturated rings. The van der Waals surface area contributed by atoms with Gasteiger partial charge in [0.1, 0.15) is 16.8 Å². The molecule has 4 aromatic rings. The van der Waals surface area contributed by atoms with Crippen LogP contribution in [0.2, 0.25) is 0 Å². The van der Waals surface area contributed by atoms with Crippen molar-refractivity contribution < 1.29 is 42.1 Å². The Morgan fingerprint density at radius 1 is 1.02 bits per heavy atom. The van der Waals surface area contributed by atoms with E-state index >= 15 is 4.39 Å². The molecule has 0 radical (unpaired) electrons. The summed E-state index contributed by atoms with van der Waals surface area (Å²) in [5, 5.41) is 16.8. The second-order valence-electron chi connectivity index (χ2n) is 10.5. The molecule has 3 heterocycles. The summed E-state index contributed by atoms with van der Waals surface area (Å²) in [5.41, 5.74) is 10.6. The number of benzene rings is 3. The summed E-state index contributed by atoms with van der Waals surface area (Å²) in [5.74, 6) is -3.95. The number of hydrogen-bond acceptors (Lipinski definition) is 6. The fourth-order valence-corrected chi connectivity index (χ4v) is 5.92. The van der Waals surface area contributed by atoms with E-state index in [1.807, 2.05) is 29.2 Å². The zero-order valence-electron chi connectivity index (χ0n) is 22.2. The average molecular weight is 598 g/mol. The third kappa shape index (κ3) is 4.65. The zero-order valence-corrected chi connectivity index (χ0v) is 22.2. The highest BCUT2D eigenvalue weighted by Crippen LogP contribution is 2.51. The van der Waals surface area contributed by atoms with Crippen LogP contribution >= 0.6 is 0 Å². The first-order valence-electron chi connectivity index (χ1n) is 13.2. The normalized spacial score (nSPS) is 16.4. The van der Waals surface area contributed by atoms with E-state index in [4.69, 9.17) is 20.4 Å². The van der Waals surface area contributed by atoms with E-state index in [9.17, 15) is 27.9 Å². The van der Waals surface area contributed by atoms with Crippen LogP contribution in [0, 0.1) is 5.82 Å². The number of halogens is 4. The Balaban J connectivity index is 0.000000423. The number of alkyl halides is 3. The highest BCUT2D eigenvalue weighted by molar-refractivity contribution is 5.99. The highest BCUT2D eigenvalue weighted by Gasteiger charge is 2.38. The fraction of sp³-hybridized carbons (Fsp3) is 0.233. The topological polar surface area (TPSA) is 135 Å². The molecule has 1 aromatic heterocycles. The van der Waals surface area contributed by atoms with Crippen molar-refractivity contribution in [1.82, 2.24) is 4.57 Å². The van der Waals surface area contributed by atoms with Gasteiger partial charge in [-0.2, -0.15) is 13.2 Å². The predicted molar refractivity (Wildman–Crippen MR) is 148 cm³/mol. The van der Waals surface area contributed by atoms with Gasteiger partial charge in [0, 0.05) is 30.9 Å². The van der Waals surface area contributed by atoms with Gasteiger partial charge in [-0.3, -0.25) is 4.79 Å². The van der Waals surface area contributed by atoms with Gasteiger partial charge in [0.15, 0.2) is 17.3 Å². The number of aromatic carboxylic acids is 1. The van der Waals surface area contributed by atoms with Crippen LogP contribution in [0.5, 0.6) is 11.5 Å². The molecule has 222 valence electrons. The van der Waals surface area contributed by atoms with Gasteiger partial charge in [-0.25, -0.2) is 14.0 Å². The van der Waals surface area contributed by atoms with Crippen LogP contribution in [0.15, 0.2) is 53.5 Å². The number of anilines is 1. The molecule has 2 aliphatic heterocycles. The molecule has 3 aliphatic rings. The molecule has 1 saturated heterocycles. The van der Waals surface area contributed by atoms with Crippen LogP contribution in [-0.2, 0) is 17.6 Å². The fourth-order valence-electron chi connectivity index (χ4n) is 5.92. The predicted octanol–water partition coefficient (Wildman–Crippen LogP) is 4.87. The molecule has 1 atom stereocenters. The Labute approximate surface area is 240 Å². The third-order valence-electron chi connectivity index (χ3n) is 7.84. The lowest BCUT2D eigenvalue weighted by Gasteiger charge is -2.32. The minimum atomic E-state index is -5.08. The molecule has 4 N–H and O–H groups in total. The molecule has 9 nitrogen and oxygen atoms in total. The van der Waals surface area contributed by atoms with Gasteiger partial charge in [0.25, 0.3) is 0 Å². The van der Waals surface area contributed by atoms with Crippen LogP contribution in [0.25, 0.3) is 27.7 Å². The summed E-state index contributed by atoms with van der Waals surface area (Å²) >= 11 is 0. The van der Waals surface area contributed by atoms with Crippen LogP contribution < -0.4 is 20.8 Å². The van der Waals surface area contributed by atoms with E-state index in [-0.39, 0.29) is 22.9 Å². The number of aromatic nitrogens is 1. The number of fused-ring (bicyclic) bond motifs is 6. The summed E-state index contributed by atoms with van der Waals surface area (Å²) in [4.78, 5) is 35.8. The number of pyridine rings is 1. The van der Waals surface area contributed by atoms with Crippen molar-refractivity contribution in [2.24, 2.45) is 5.73 Å². The largest absolute Gasteiger partial charge is 0.490 e. The highest BCUT2D eigenvalue weighted by atomic mass is 19.4. The van der Waals surface area contributed by atoms with Gasteiger partial charge in [-0.15, -0.1) is 0 Å². The standard InChI is InChI=1S/C28H22FN3O4.C2HF3O2/c29-21-11-19-23-27(24(21)31-10-9-15(30)12-31)36-26-18-6-5-14-3-1-2-4-16(14)17(18)7-8-22(26)32(23)13-20(25(19)33)28(34)35;3-2(4,5)1(6)7/h1-4,7-8,11,13,15H,5-6,9-10,12,30H2,(H,34,35);(H,6,7). The van der Waals surface area contributed by atoms with Crippen molar-refractivity contribution in [1.29, 1.82) is 0 Å². The van der Waals surface area contributed by atoms with Crippen molar-refractivity contribution in [3.63, 3.8) is 0 Å². The van der Waals surface area contributed by atoms with E-state index in [0.29, 0.717) is 36.5 Å². The lowest BCUT2D eigenvalue weighted by molar-refractivity contribution is -0.192. The van der Waals surface area contributed by atoms with Crippen molar-refractivity contribution in [3.8, 4) is 28.3 Å². The SMILES string of the molecule is NC1CCN(c2c(F)cc3c(=O)c(C(=O)O)cn4c3c2Oc2c-4ccc3c2CCc2ccccc2-3)C1.O=C(O)C(F)(F)F. The Morgan fingerprint density at radius 2 is 1.74 bits per heavy atom. The lowest BCUT2D eigenvalue weighted by Crippen LogP contribution is -2.28. The Morgan fingerprint density at radius 3 is 2.40 bits per heavy atom. The molecule has 3 aromatic carbocycles. The van der Waals surface area contributed by atoms with E-state index in [1.54, 1.807) is 4.57 Å². The Kier molecular flexibility index (Phi) is 6.64. The minimum absolute atomic E-state index is 0.0247. The maximum absolute atomic E-state index is 15.7. The van der Waals surface area contributed by atoms with E-state index in [0.717, 1.165) is 35.6 Å². The summed E-state index contributed by atoms with van der Waals surface area (Å²) in [6.07, 6.45) is -1.49. The van der Waals surface area contributed by atoms with Gasteiger partial charge in [-0.1, -0.05) is 30.3 Å². The van der Waals surface area contributed by atoms with Crippen LogP contribution in [0.1, 0.15) is 27.9 Å². The number of aryl methyl sites for hydroxylation is 1. The summed E-state index contributed by atoms with van der Waals surface area (Å²) in [7, 11) is 0. The second-order valence-corrected chi connectivity index (χ2v) is 10.5. The van der Waals surface area contributed by atoms with Gasteiger partial charge < -0.3 is 30.2 Å². The number of ether oxygens (including phenoxy) is 1. The number of hydrogen-bond donors (Lipinski definition) is 3. The van der Waals surface area contributed by atoms with E-state index < -0.39 is 34.9 Å². The number of nitrogens with zero attached hydrogens (tertiary/aromatic N) is 2. The molecular formula is C30H23F4N3O6. The van der Waals surface area contributed by atoms with Crippen molar-refractivity contribution in [3.05, 3.63) is 81.4 Å². The van der Waals surface area contributed by atoms with Crippen LogP contribution in [-0.4, -0.2) is 52.0 Å². The second kappa shape index (κ2) is 10.1. The first-order chi connectivity index (χ1) is 20.4. The zero-order chi connectivity index (χ0) is 30.8. The number of carboxylic acid groups (broad SMARTS) is 2. The molecule has 0 amide bonds. The molecule has 43 heavy (non-hydrogen) atoms. The van der Waals surface area contributed by atoms with Crippen molar-refractivity contribution in [2.45, 2.75) is 31.5 Å². The first-order valence-corrected chi connectivity index (χ1v) is 13.2. The average Bonchev–Trinajstić information content (AvgIpc) is 3.39. The van der Waals surface area contributed by atoms with Crippen molar-refractivity contribution >= 4 is 28.5 Å². The summed E-state index contributed by atoms with van der Waals surface area (Å²) in [6, 6.07) is 13.1. The number of carboxylic acids is 2. The number of carbonyl (C=O) groups is 2. The quantitative estimate of drug-likeness (QED) is 0.246. The Hall–Kier alpha value is -4.91. The van der Waals surface area contributed by atoms with E-state index in [1.165, 1.54) is 11.8 Å². The molecular weight excluding hydrogens is 574 g/mol. The number of aliphatic carboxylic acids is 1. The van der Waals surface area contributed by atoms with Crippen LogP contribution in [0.4, 0.5) is 23.2 Å². The molecule has 1 aliphatic carbocycles. The number of nitrogens with two attached hydrogens (primary N) is 1. The van der Waals surface area contributed by atoms with E-state index in [2.05, 4.69) is 12.1 Å². The first kappa shape index (κ1) is 28.2. The molecule has 1 unspecified atom stereocenters. The van der Waals surface area contributed by atoms with Gasteiger partial charge in [-0.05, 0) is 48.1 Å². The molecule has 13 heteroatoms. The maximum Gasteiger partial charge on any atom is 0.490 e. The molecule has 0 spiro atoms. The molecule has 7 rings (SSSR count). The lowest BCUT2D eigenvalue weighted by atomic mass is 9.84. The van der Waals surface area contributed by atoms with Crippen LogP contribution in [0.3, 0.4) is 0 Å². The third-order valence-corrected chi connectivity index (χ3v) is 7.84. The van der Waals surface area contributed by atoms with Gasteiger partial charge in [0.05, 0.1) is 11.1 Å². The molecule has 0 saturated carbocycles.